The van der Waals surface area contributed by atoms with E-state index in [0.29, 0.717) is 4.90 Å². The molecular weight excluding hydrogens is 268 g/mol. The summed E-state index contributed by atoms with van der Waals surface area (Å²) in [5, 5.41) is 11.3. The Morgan fingerprint density at radius 2 is 1.80 bits per heavy atom. The molecule has 0 bridgehead atoms. The first kappa shape index (κ1) is 15.7. The standard InChI is InChI=1S/C12H16N2O6/c1-12(2,3)20-11(19)13-6-7(10(17)18)14-8(15)4-5-9(14)16/h4-5,7H,6H2,1-3H3,(H,13,19)(H,17,18)/t7-/m0/s1. The molecule has 0 fully saturated rings. The second-order valence-corrected chi connectivity index (χ2v) is 5.12. The summed E-state index contributed by atoms with van der Waals surface area (Å²) < 4.78 is 4.94. The maximum Gasteiger partial charge on any atom is 0.407 e. The van der Waals surface area contributed by atoms with Crippen LogP contribution in [0, 0.1) is 0 Å². The molecule has 0 saturated carbocycles. The van der Waals surface area contributed by atoms with Crippen LogP contribution in [0.4, 0.5) is 4.79 Å². The Hall–Kier alpha value is -2.38. The number of nitrogens with one attached hydrogen (secondary N) is 1. The van der Waals surface area contributed by atoms with Gasteiger partial charge in [-0.3, -0.25) is 14.5 Å². The molecule has 0 aliphatic carbocycles. The Balaban J connectivity index is 2.66. The molecule has 20 heavy (non-hydrogen) atoms. The first-order chi connectivity index (χ1) is 9.11. The molecule has 0 spiro atoms. The van der Waals surface area contributed by atoms with Crippen LogP contribution in [-0.2, 0) is 19.1 Å². The molecule has 1 heterocycles. The smallest absolute Gasteiger partial charge is 0.407 e. The van der Waals surface area contributed by atoms with E-state index in [1.165, 1.54) is 0 Å². The van der Waals surface area contributed by atoms with Gasteiger partial charge in [-0.2, -0.15) is 0 Å². The van der Waals surface area contributed by atoms with Gasteiger partial charge in [0, 0.05) is 12.2 Å². The lowest BCUT2D eigenvalue weighted by Crippen LogP contribution is -2.51. The van der Waals surface area contributed by atoms with E-state index in [1.54, 1.807) is 20.8 Å². The lowest BCUT2D eigenvalue weighted by Gasteiger charge is -2.24. The molecule has 3 amide bonds. The normalized spacial score (nSPS) is 16.2. The van der Waals surface area contributed by atoms with E-state index in [-0.39, 0.29) is 0 Å². The molecule has 1 aliphatic rings. The van der Waals surface area contributed by atoms with E-state index in [4.69, 9.17) is 9.84 Å². The van der Waals surface area contributed by atoms with Crippen LogP contribution in [0.2, 0.25) is 0 Å². The fourth-order valence-electron chi connectivity index (χ4n) is 1.50. The highest BCUT2D eigenvalue weighted by Gasteiger charge is 2.36. The van der Waals surface area contributed by atoms with Crippen molar-refractivity contribution in [2.75, 3.05) is 6.54 Å². The molecule has 0 aromatic carbocycles. The third-order valence-corrected chi connectivity index (χ3v) is 2.28. The minimum absolute atomic E-state index is 0.427. The van der Waals surface area contributed by atoms with Gasteiger partial charge in [0.1, 0.15) is 5.60 Å². The second-order valence-electron chi connectivity index (χ2n) is 5.12. The van der Waals surface area contributed by atoms with E-state index in [0.717, 1.165) is 12.2 Å². The molecule has 0 saturated heterocycles. The summed E-state index contributed by atoms with van der Waals surface area (Å²) in [5.74, 6) is -2.85. The van der Waals surface area contributed by atoms with Crippen molar-refractivity contribution in [1.82, 2.24) is 10.2 Å². The van der Waals surface area contributed by atoms with Gasteiger partial charge in [-0.25, -0.2) is 9.59 Å². The zero-order valence-electron chi connectivity index (χ0n) is 11.4. The van der Waals surface area contributed by atoms with Crippen molar-refractivity contribution in [1.29, 1.82) is 0 Å². The fourth-order valence-corrected chi connectivity index (χ4v) is 1.50. The number of amides is 3. The number of hydrogen-bond donors (Lipinski definition) is 2. The SMILES string of the molecule is CC(C)(C)OC(=O)NC[C@@H](C(=O)O)N1C(=O)C=CC1=O. The zero-order valence-corrected chi connectivity index (χ0v) is 11.4. The van der Waals surface area contributed by atoms with Crippen LogP contribution in [0.5, 0.6) is 0 Å². The molecule has 0 aromatic rings. The van der Waals surface area contributed by atoms with Crippen molar-refractivity contribution < 1.29 is 29.0 Å². The van der Waals surface area contributed by atoms with E-state index < -0.39 is 42.1 Å². The maximum atomic E-state index is 11.4. The van der Waals surface area contributed by atoms with Crippen molar-refractivity contribution in [3.63, 3.8) is 0 Å². The number of aliphatic carboxylic acids is 1. The Kier molecular flexibility index (Phi) is 4.49. The average Bonchev–Trinajstić information content (AvgIpc) is 2.58. The number of rotatable bonds is 4. The Morgan fingerprint density at radius 1 is 1.30 bits per heavy atom. The molecule has 2 N–H and O–H groups in total. The first-order valence-corrected chi connectivity index (χ1v) is 5.86. The minimum Gasteiger partial charge on any atom is -0.480 e. The van der Waals surface area contributed by atoms with E-state index in [9.17, 15) is 19.2 Å². The van der Waals surface area contributed by atoms with Crippen LogP contribution < -0.4 is 5.32 Å². The van der Waals surface area contributed by atoms with Gasteiger partial charge in [0.05, 0.1) is 6.54 Å². The summed E-state index contributed by atoms with van der Waals surface area (Å²) in [6.07, 6.45) is 1.13. The van der Waals surface area contributed by atoms with Crippen LogP contribution >= 0.6 is 0 Å². The number of ether oxygens (including phenoxy) is 1. The van der Waals surface area contributed by atoms with Gasteiger partial charge in [0.15, 0.2) is 6.04 Å². The minimum atomic E-state index is -1.47. The Morgan fingerprint density at radius 3 is 2.20 bits per heavy atom. The maximum absolute atomic E-state index is 11.4. The number of imide groups is 1. The van der Waals surface area contributed by atoms with E-state index in [1.807, 2.05) is 0 Å². The van der Waals surface area contributed by atoms with Crippen molar-refractivity contribution in [2.24, 2.45) is 0 Å². The van der Waals surface area contributed by atoms with Crippen molar-refractivity contribution in [2.45, 2.75) is 32.4 Å². The molecule has 110 valence electrons. The molecule has 1 rings (SSSR count). The lowest BCUT2D eigenvalue weighted by atomic mass is 10.2. The predicted octanol–water partition coefficient (Wildman–Crippen LogP) is -0.111. The van der Waals surface area contributed by atoms with Crippen LogP contribution in [0.25, 0.3) is 0 Å². The summed E-state index contributed by atoms with van der Waals surface area (Å²) in [7, 11) is 0. The molecular formula is C12H16N2O6. The third kappa shape index (κ3) is 4.08. The summed E-state index contributed by atoms with van der Waals surface area (Å²) in [4.78, 5) is 45.9. The van der Waals surface area contributed by atoms with Gasteiger partial charge in [-0.05, 0) is 20.8 Å². The Labute approximate surface area is 115 Å². The highest BCUT2D eigenvalue weighted by atomic mass is 16.6. The summed E-state index contributed by atoms with van der Waals surface area (Å²) in [5.41, 5.74) is -0.732. The van der Waals surface area contributed by atoms with Crippen LogP contribution in [0.3, 0.4) is 0 Å². The van der Waals surface area contributed by atoms with Gasteiger partial charge in [0.2, 0.25) is 0 Å². The summed E-state index contributed by atoms with van der Waals surface area (Å²) >= 11 is 0. The molecule has 1 aliphatic heterocycles. The number of nitrogens with zero attached hydrogens (tertiary/aromatic N) is 1. The zero-order chi connectivity index (χ0) is 15.5. The lowest BCUT2D eigenvalue weighted by molar-refractivity contribution is -0.153. The van der Waals surface area contributed by atoms with E-state index in [2.05, 4.69) is 5.32 Å². The molecule has 8 heteroatoms. The molecule has 8 nitrogen and oxygen atoms in total. The third-order valence-electron chi connectivity index (χ3n) is 2.28. The van der Waals surface area contributed by atoms with Gasteiger partial charge >= 0.3 is 12.1 Å². The molecule has 1 atom stereocenters. The number of alkyl carbamates (subject to hydrolysis) is 1. The van der Waals surface area contributed by atoms with Gasteiger partial charge in [-0.1, -0.05) is 0 Å². The molecule has 0 radical (unpaired) electrons. The quantitative estimate of drug-likeness (QED) is 0.696. The average molecular weight is 284 g/mol. The van der Waals surface area contributed by atoms with Gasteiger partial charge < -0.3 is 15.2 Å². The second kappa shape index (κ2) is 5.72. The van der Waals surface area contributed by atoms with Crippen molar-refractivity contribution in [3.8, 4) is 0 Å². The topological polar surface area (TPSA) is 113 Å². The fraction of sp³-hybridized carbons (Fsp3) is 0.500. The van der Waals surface area contributed by atoms with Crippen LogP contribution in [0.1, 0.15) is 20.8 Å². The van der Waals surface area contributed by atoms with Crippen LogP contribution in [0.15, 0.2) is 12.2 Å². The number of hydrogen-bond acceptors (Lipinski definition) is 5. The van der Waals surface area contributed by atoms with Crippen LogP contribution in [-0.4, -0.2) is 52.1 Å². The Bertz CT molecular complexity index is 459. The predicted molar refractivity (Wildman–Crippen MR) is 66.7 cm³/mol. The number of carbonyl (C=O) groups is 4. The van der Waals surface area contributed by atoms with Gasteiger partial charge in [0.25, 0.3) is 11.8 Å². The first-order valence-electron chi connectivity index (χ1n) is 5.86. The molecule has 0 aromatic heterocycles. The van der Waals surface area contributed by atoms with Crippen molar-refractivity contribution in [3.05, 3.63) is 12.2 Å². The number of carboxylic acid groups (broad SMARTS) is 1. The highest BCUT2D eigenvalue weighted by Crippen LogP contribution is 2.10. The van der Waals surface area contributed by atoms with E-state index >= 15 is 0 Å². The molecule has 0 unspecified atom stereocenters. The number of carbonyl (C=O) groups excluding carboxylic acids is 3. The van der Waals surface area contributed by atoms with Crippen molar-refractivity contribution >= 4 is 23.9 Å². The summed E-state index contributed by atoms with van der Waals surface area (Å²) in [6, 6.07) is -1.47. The highest BCUT2D eigenvalue weighted by molar-refractivity contribution is 6.14. The largest absolute Gasteiger partial charge is 0.480 e. The summed E-state index contributed by atoms with van der Waals surface area (Å²) in [6.45, 7) is 4.53. The van der Waals surface area contributed by atoms with Gasteiger partial charge in [-0.15, -0.1) is 0 Å². The monoisotopic (exact) mass is 284 g/mol. The number of carboxylic acids is 1.